The predicted octanol–water partition coefficient (Wildman–Crippen LogP) is 2.73. The lowest BCUT2D eigenvalue weighted by atomic mass is 9.80. The smallest absolute Gasteiger partial charge is 0.257 e. The Bertz CT molecular complexity index is 963. The molecule has 4 rings (SSSR count). The number of carbonyl (C=O) groups excluding carboxylic acids is 1. The van der Waals surface area contributed by atoms with Crippen molar-refractivity contribution in [1.82, 2.24) is 19.8 Å². The lowest BCUT2D eigenvalue weighted by Gasteiger charge is -2.39. The van der Waals surface area contributed by atoms with Gasteiger partial charge in [-0.15, -0.1) is 0 Å². The van der Waals surface area contributed by atoms with Gasteiger partial charge < -0.3 is 19.7 Å². The fourth-order valence-electron chi connectivity index (χ4n) is 4.61. The lowest BCUT2D eigenvalue weighted by Crippen LogP contribution is -2.48. The number of nitrogens with one attached hydrogen (secondary N) is 1. The van der Waals surface area contributed by atoms with Gasteiger partial charge in [0.25, 0.3) is 5.91 Å². The molecule has 2 fully saturated rings. The largest absolute Gasteiger partial charge is 0.491 e. The van der Waals surface area contributed by atoms with Crippen molar-refractivity contribution in [3.8, 4) is 5.75 Å². The number of ether oxygens (including phenoxy) is 2. The molecular weight excluding hydrogens is 418 g/mol. The standard InChI is InChI=1S/C25H35N5O3/c1-19-17-22(26-3)28-24(27-19)25(2)9-6-10-30(18-25)23(31)20-7-4-5-8-21(20)33-16-13-29-11-14-32-15-12-29/h4-5,7-8,17H,6,9-16,18H2,1-3H3,(H,26,27,28)/t25-/m1/s1. The first-order valence-electron chi connectivity index (χ1n) is 11.8. The van der Waals surface area contributed by atoms with Crippen LogP contribution in [-0.4, -0.2) is 85.3 Å². The number of hydrogen-bond donors (Lipinski definition) is 1. The van der Waals surface area contributed by atoms with Crippen LogP contribution in [0.3, 0.4) is 0 Å². The highest BCUT2D eigenvalue weighted by molar-refractivity contribution is 5.97. The average Bonchev–Trinajstić information content (AvgIpc) is 2.84. The molecule has 8 nitrogen and oxygen atoms in total. The summed E-state index contributed by atoms with van der Waals surface area (Å²) >= 11 is 0. The maximum absolute atomic E-state index is 13.6. The van der Waals surface area contributed by atoms with Crippen LogP contribution in [0.5, 0.6) is 5.75 Å². The fourth-order valence-corrected chi connectivity index (χ4v) is 4.61. The van der Waals surface area contributed by atoms with Gasteiger partial charge in [0.15, 0.2) is 0 Å². The van der Waals surface area contributed by atoms with Gasteiger partial charge in [-0.1, -0.05) is 19.1 Å². The minimum atomic E-state index is -0.294. The van der Waals surface area contributed by atoms with Gasteiger partial charge in [-0.2, -0.15) is 0 Å². The van der Waals surface area contributed by atoms with Crippen LogP contribution in [0, 0.1) is 6.92 Å². The minimum absolute atomic E-state index is 0.00407. The lowest BCUT2D eigenvalue weighted by molar-refractivity contribution is 0.0321. The molecule has 3 heterocycles. The molecule has 2 aromatic rings. The van der Waals surface area contributed by atoms with Crippen molar-refractivity contribution in [2.24, 2.45) is 0 Å². The Morgan fingerprint density at radius 2 is 2.00 bits per heavy atom. The first-order chi connectivity index (χ1) is 16.0. The zero-order valence-corrected chi connectivity index (χ0v) is 20.0. The monoisotopic (exact) mass is 453 g/mol. The van der Waals surface area contributed by atoms with Gasteiger partial charge in [0, 0.05) is 56.9 Å². The third-order valence-electron chi connectivity index (χ3n) is 6.52. The summed E-state index contributed by atoms with van der Waals surface area (Å²) in [6.45, 7) is 10.2. The Balaban J connectivity index is 1.46. The van der Waals surface area contributed by atoms with Crippen molar-refractivity contribution < 1.29 is 14.3 Å². The molecule has 33 heavy (non-hydrogen) atoms. The topological polar surface area (TPSA) is 79.8 Å². The molecule has 0 bridgehead atoms. The number of nitrogens with zero attached hydrogens (tertiary/aromatic N) is 4. The van der Waals surface area contributed by atoms with E-state index in [0.717, 1.165) is 69.6 Å². The van der Waals surface area contributed by atoms with Gasteiger partial charge in [-0.05, 0) is 31.9 Å². The van der Waals surface area contributed by atoms with Crippen LogP contribution in [0.2, 0.25) is 0 Å². The minimum Gasteiger partial charge on any atom is -0.491 e. The van der Waals surface area contributed by atoms with Crippen LogP contribution in [0.1, 0.15) is 41.6 Å². The zero-order valence-electron chi connectivity index (χ0n) is 20.0. The SMILES string of the molecule is CNc1cc(C)nc([C@]2(C)CCCN(C(=O)c3ccccc3OCCN3CCOCC3)C2)n1. The van der Waals surface area contributed by atoms with E-state index >= 15 is 0 Å². The Hall–Kier alpha value is -2.71. The molecule has 2 aliphatic rings. The van der Waals surface area contributed by atoms with Crippen molar-refractivity contribution in [1.29, 1.82) is 0 Å². The van der Waals surface area contributed by atoms with Crippen molar-refractivity contribution in [2.45, 2.75) is 32.1 Å². The Labute approximate surface area is 196 Å². The molecule has 0 saturated carbocycles. The van der Waals surface area contributed by atoms with Crippen LogP contribution < -0.4 is 10.1 Å². The molecule has 1 aromatic carbocycles. The second kappa shape index (κ2) is 10.5. The number of anilines is 1. The number of rotatable bonds is 7. The summed E-state index contributed by atoms with van der Waals surface area (Å²) in [5.41, 5.74) is 1.25. The molecule has 1 atom stereocenters. The molecule has 1 N–H and O–H groups in total. The van der Waals surface area contributed by atoms with Crippen molar-refractivity contribution in [3.63, 3.8) is 0 Å². The molecule has 0 unspecified atom stereocenters. The maximum Gasteiger partial charge on any atom is 0.257 e. The average molecular weight is 454 g/mol. The summed E-state index contributed by atoms with van der Waals surface area (Å²) in [5.74, 6) is 2.25. The summed E-state index contributed by atoms with van der Waals surface area (Å²) in [4.78, 5) is 27.3. The van der Waals surface area contributed by atoms with E-state index in [2.05, 4.69) is 17.1 Å². The van der Waals surface area contributed by atoms with Crippen LogP contribution in [0.4, 0.5) is 5.82 Å². The third kappa shape index (κ3) is 5.62. The van der Waals surface area contributed by atoms with E-state index in [1.54, 1.807) is 0 Å². The molecule has 2 saturated heterocycles. The van der Waals surface area contributed by atoms with E-state index in [9.17, 15) is 4.79 Å². The summed E-state index contributed by atoms with van der Waals surface area (Å²) < 4.78 is 11.5. The number of hydrogen-bond acceptors (Lipinski definition) is 7. The predicted molar refractivity (Wildman–Crippen MR) is 128 cm³/mol. The van der Waals surface area contributed by atoms with E-state index in [4.69, 9.17) is 19.4 Å². The van der Waals surface area contributed by atoms with E-state index in [-0.39, 0.29) is 11.3 Å². The van der Waals surface area contributed by atoms with Gasteiger partial charge >= 0.3 is 0 Å². The maximum atomic E-state index is 13.6. The zero-order chi connectivity index (χ0) is 23.3. The van der Waals surface area contributed by atoms with E-state index in [0.29, 0.717) is 24.5 Å². The van der Waals surface area contributed by atoms with Gasteiger partial charge in [0.1, 0.15) is 24.0 Å². The molecule has 8 heteroatoms. The highest BCUT2D eigenvalue weighted by Crippen LogP contribution is 2.34. The van der Waals surface area contributed by atoms with Gasteiger partial charge in [0.2, 0.25) is 0 Å². The van der Waals surface area contributed by atoms with E-state index in [1.165, 1.54) is 0 Å². The normalized spacial score (nSPS) is 21.6. The fraction of sp³-hybridized carbons (Fsp3) is 0.560. The highest BCUT2D eigenvalue weighted by atomic mass is 16.5. The quantitative estimate of drug-likeness (QED) is 0.690. The summed E-state index contributed by atoms with van der Waals surface area (Å²) in [6.07, 6.45) is 1.86. The molecule has 2 aliphatic heterocycles. The Kier molecular flexibility index (Phi) is 7.45. The molecule has 1 amide bonds. The Morgan fingerprint density at radius 1 is 1.21 bits per heavy atom. The first-order valence-corrected chi connectivity index (χ1v) is 11.8. The van der Waals surface area contributed by atoms with Crippen LogP contribution in [0.15, 0.2) is 30.3 Å². The number of aromatic nitrogens is 2. The van der Waals surface area contributed by atoms with Crippen LogP contribution >= 0.6 is 0 Å². The van der Waals surface area contributed by atoms with Crippen LogP contribution in [-0.2, 0) is 10.2 Å². The molecular formula is C25H35N5O3. The molecule has 0 radical (unpaired) electrons. The number of morpholine rings is 1. The van der Waals surface area contributed by atoms with Crippen molar-refractivity contribution >= 4 is 11.7 Å². The van der Waals surface area contributed by atoms with E-state index < -0.39 is 0 Å². The number of aryl methyl sites for hydroxylation is 1. The third-order valence-corrected chi connectivity index (χ3v) is 6.52. The van der Waals surface area contributed by atoms with Crippen molar-refractivity contribution in [3.05, 3.63) is 47.4 Å². The molecule has 178 valence electrons. The number of para-hydroxylation sites is 1. The molecule has 0 aliphatic carbocycles. The number of carbonyl (C=O) groups is 1. The summed E-state index contributed by atoms with van der Waals surface area (Å²) in [7, 11) is 1.86. The van der Waals surface area contributed by atoms with Crippen molar-refractivity contribution in [2.75, 3.05) is 64.9 Å². The molecule has 1 aromatic heterocycles. The van der Waals surface area contributed by atoms with E-state index in [1.807, 2.05) is 49.2 Å². The van der Waals surface area contributed by atoms with Gasteiger partial charge in [0.05, 0.1) is 18.8 Å². The summed E-state index contributed by atoms with van der Waals surface area (Å²) in [6, 6.07) is 9.50. The molecule has 0 spiro atoms. The number of piperidine rings is 1. The second-order valence-electron chi connectivity index (χ2n) is 9.16. The highest BCUT2D eigenvalue weighted by Gasteiger charge is 2.38. The van der Waals surface area contributed by atoms with Crippen LogP contribution in [0.25, 0.3) is 0 Å². The number of likely N-dealkylation sites (tertiary alicyclic amines) is 1. The Morgan fingerprint density at radius 3 is 2.79 bits per heavy atom. The van der Waals surface area contributed by atoms with Gasteiger partial charge in [-0.3, -0.25) is 9.69 Å². The summed E-state index contributed by atoms with van der Waals surface area (Å²) in [5, 5.41) is 3.12. The number of benzene rings is 1. The number of amides is 1. The second-order valence-corrected chi connectivity index (χ2v) is 9.16. The first kappa shape index (κ1) is 23.4. The van der Waals surface area contributed by atoms with Gasteiger partial charge in [-0.25, -0.2) is 9.97 Å².